The van der Waals surface area contributed by atoms with Crippen LogP contribution in [0.15, 0.2) is 18.2 Å². The number of carbonyl (C=O) groups excluding carboxylic acids is 1. The number of hydrogen-bond acceptors (Lipinski definition) is 3. The number of rotatable bonds is 3. The average Bonchev–Trinajstić information content (AvgIpc) is 2.29. The molecular formula is C11H12F2N2O2. The Bertz CT molecular complexity index is 449. The molecule has 0 aromatic heterocycles. The number of amidine groups is 1. The van der Waals surface area contributed by atoms with Gasteiger partial charge in [-0.3, -0.25) is 10.2 Å². The zero-order valence-corrected chi connectivity index (χ0v) is 9.46. The molecule has 0 aliphatic heterocycles. The van der Waals surface area contributed by atoms with Gasteiger partial charge in [0.15, 0.2) is 18.2 Å². The standard InChI is InChI=1S/C11H12F2N2O2/c1-7(14)15(2)11(16)6-17-8-3-4-9(12)10(13)5-8/h3-5,14H,6H2,1-2H3. The molecule has 0 spiro atoms. The van der Waals surface area contributed by atoms with Gasteiger partial charge in [-0.25, -0.2) is 8.78 Å². The number of likely N-dealkylation sites (N-methyl/N-ethyl adjacent to an activating group) is 1. The first-order valence-electron chi connectivity index (χ1n) is 4.81. The topological polar surface area (TPSA) is 53.4 Å². The van der Waals surface area contributed by atoms with E-state index in [9.17, 15) is 13.6 Å². The molecule has 0 atom stereocenters. The third kappa shape index (κ3) is 3.51. The Kier molecular flexibility index (Phi) is 4.14. The summed E-state index contributed by atoms with van der Waals surface area (Å²) in [7, 11) is 1.43. The molecular weight excluding hydrogens is 230 g/mol. The van der Waals surface area contributed by atoms with Crippen molar-refractivity contribution < 1.29 is 18.3 Å². The largest absolute Gasteiger partial charge is 0.484 e. The summed E-state index contributed by atoms with van der Waals surface area (Å²) < 4.78 is 30.4. The van der Waals surface area contributed by atoms with Crippen LogP contribution in [0.3, 0.4) is 0 Å². The van der Waals surface area contributed by atoms with Gasteiger partial charge >= 0.3 is 0 Å². The van der Waals surface area contributed by atoms with Crippen LogP contribution in [0.4, 0.5) is 8.78 Å². The minimum Gasteiger partial charge on any atom is -0.484 e. The van der Waals surface area contributed by atoms with Crippen molar-refractivity contribution in [3.8, 4) is 5.75 Å². The maximum absolute atomic E-state index is 12.8. The van der Waals surface area contributed by atoms with Crippen molar-refractivity contribution in [2.75, 3.05) is 13.7 Å². The fourth-order valence-corrected chi connectivity index (χ4v) is 0.996. The number of halogens is 2. The molecule has 1 aromatic carbocycles. The molecule has 4 nitrogen and oxygen atoms in total. The highest BCUT2D eigenvalue weighted by Gasteiger charge is 2.11. The van der Waals surface area contributed by atoms with Crippen molar-refractivity contribution in [1.82, 2.24) is 4.90 Å². The molecule has 0 aliphatic rings. The Morgan fingerprint density at radius 2 is 2.06 bits per heavy atom. The summed E-state index contributed by atoms with van der Waals surface area (Å²) in [4.78, 5) is 12.5. The molecule has 1 amide bonds. The van der Waals surface area contributed by atoms with Gasteiger partial charge in [0.25, 0.3) is 5.91 Å². The van der Waals surface area contributed by atoms with Crippen molar-refractivity contribution in [3.63, 3.8) is 0 Å². The number of carbonyl (C=O) groups is 1. The van der Waals surface area contributed by atoms with Gasteiger partial charge in [0.05, 0.1) is 5.84 Å². The van der Waals surface area contributed by atoms with Crippen LogP contribution in [-0.4, -0.2) is 30.3 Å². The predicted molar refractivity (Wildman–Crippen MR) is 58.0 cm³/mol. The number of nitrogens with one attached hydrogen (secondary N) is 1. The first kappa shape index (κ1) is 13.1. The van der Waals surface area contributed by atoms with Crippen LogP contribution >= 0.6 is 0 Å². The minimum atomic E-state index is -1.04. The molecule has 1 aromatic rings. The molecule has 1 N–H and O–H groups in total. The molecule has 92 valence electrons. The highest BCUT2D eigenvalue weighted by molar-refractivity contribution is 5.95. The maximum Gasteiger partial charge on any atom is 0.265 e. The fourth-order valence-electron chi connectivity index (χ4n) is 0.996. The monoisotopic (exact) mass is 242 g/mol. The summed E-state index contributed by atoms with van der Waals surface area (Å²) in [6, 6.07) is 3.00. The first-order valence-corrected chi connectivity index (χ1v) is 4.81. The van der Waals surface area contributed by atoms with Gasteiger partial charge in [-0.05, 0) is 19.1 Å². The fraction of sp³-hybridized carbons (Fsp3) is 0.273. The Morgan fingerprint density at radius 1 is 1.41 bits per heavy atom. The number of hydrogen-bond donors (Lipinski definition) is 1. The van der Waals surface area contributed by atoms with E-state index in [0.717, 1.165) is 17.0 Å². The molecule has 17 heavy (non-hydrogen) atoms. The Balaban J connectivity index is 2.59. The third-order valence-electron chi connectivity index (χ3n) is 2.13. The normalized spacial score (nSPS) is 9.88. The quantitative estimate of drug-likeness (QED) is 0.649. The van der Waals surface area contributed by atoms with E-state index in [-0.39, 0.29) is 18.2 Å². The molecule has 0 bridgehead atoms. The second-order valence-corrected chi connectivity index (χ2v) is 3.40. The molecule has 0 radical (unpaired) electrons. The third-order valence-corrected chi connectivity index (χ3v) is 2.13. The average molecular weight is 242 g/mol. The van der Waals surface area contributed by atoms with Crippen LogP contribution in [0.1, 0.15) is 6.92 Å². The summed E-state index contributed by atoms with van der Waals surface area (Å²) in [5.74, 6) is -2.32. The number of benzene rings is 1. The van der Waals surface area contributed by atoms with Crippen molar-refractivity contribution in [2.45, 2.75) is 6.92 Å². The van der Waals surface area contributed by atoms with Crippen LogP contribution < -0.4 is 4.74 Å². The van der Waals surface area contributed by atoms with E-state index >= 15 is 0 Å². The highest BCUT2D eigenvalue weighted by Crippen LogP contribution is 2.15. The van der Waals surface area contributed by atoms with E-state index in [2.05, 4.69) is 0 Å². The summed E-state index contributed by atoms with van der Waals surface area (Å²) >= 11 is 0. The van der Waals surface area contributed by atoms with Gasteiger partial charge in [-0.1, -0.05) is 0 Å². The van der Waals surface area contributed by atoms with Gasteiger partial charge in [0, 0.05) is 13.1 Å². The lowest BCUT2D eigenvalue weighted by Gasteiger charge is -2.15. The lowest BCUT2D eigenvalue weighted by atomic mass is 10.3. The maximum atomic E-state index is 12.8. The Morgan fingerprint density at radius 3 is 2.59 bits per heavy atom. The Hall–Kier alpha value is -1.98. The van der Waals surface area contributed by atoms with Crippen molar-refractivity contribution in [2.24, 2.45) is 0 Å². The Labute approximate surface area is 97.3 Å². The van der Waals surface area contributed by atoms with Crippen LogP contribution in [0, 0.1) is 17.0 Å². The molecule has 0 fully saturated rings. The number of nitrogens with zero attached hydrogens (tertiary/aromatic N) is 1. The molecule has 1 rings (SSSR count). The summed E-state index contributed by atoms with van der Waals surface area (Å²) in [5.41, 5.74) is 0. The van der Waals surface area contributed by atoms with Crippen molar-refractivity contribution >= 4 is 11.7 Å². The first-order chi connectivity index (χ1) is 7.91. The SMILES string of the molecule is CC(=N)N(C)C(=O)COc1ccc(F)c(F)c1. The lowest BCUT2D eigenvalue weighted by molar-refractivity contribution is -0.128. The van der Waals surface area contributed by atoms with Gasteiger partial charge < -0.3 is 9.64 Å². The molecule has 0 saturated heterocycles. The van der Waals surface area contributed by atoms with E-state index in [1.165, 1.54) is 20.0 Å². The van der Waals surface area contributed by atoms with Gasteiger partial charge in [-0.2, -0.15) is 0 Å². The van der Waals surface area contributed by atoms with E-state index in [0.29, 0.717) is 0 Å². The van der Waals surface area contributed by atoms with E-state index in [1.54, 1.807) is 0 Å². The van der Waals surface area contributed by atoms with Gasteiger partial charge in [-0.15, -0.1) is 0 Å². The number of ether oxygens (including phenoxy) is 1. The van der Waals surface area contributed by atoms with E-state index < -0.39 is 17.5 Å². The summed E-state index contributed by atoms with van der Waals surface area (Å²) in [6.45, 7) is 1.12. The lowest BCUT2D eigenvalue weighted by Crippen LogP contribution is -2.34. The molecule has 0 aliphatic carbocycles. The zero-order valence-electron chi connectivity index (χ0n) is 9.46. The zero-order chi connectivity index (χ0) is 13.0. The smallest absolute Gasteiger partial charge is 0.265 e. The van der Waals surface area contributed by atoms with E-state index in [4.69, 9.17) is 10.1 Å². The van der Waals surface area contributed by atoms with Crippen LogP contribution in [-0.2, 0) is 4.79 Å². The van der Waals surface area contributed by atoms with Crippen molar-refractivity contribution in [3.05, 3.63) is 29.8 Å². The van der Waals surface area contributed by atoms with E-state index in [1.807, 2.05) is 0 Å². The van der Waals surface area contributed by atoms with Gasteiger partial charge in [0.2, 0.25) is 0 Å². The van der Waals surface area contributed by atoms with Gasteiger partial charge in [0.1, 0.15) is 5.75 Å². The molecule has 0 heterocycles. The summed E-state index contributed by atoms with van der Waals surface area (Å²) in [5, 5.41) is 7.22. The van der Waals surface area contributed by atoms with Crippen LogP contribution in [0.5, 0.6) is 5.75 Å². The summed E-state index contributed by atoms with van der Waals surface area (Å²) in [6.07, 6.45) is 0. The second-order valence-electron chi connectivity index (χ2n) is 3.40. The number of amides is 1. The van der Waals surface area contributed by atoms with Crippen LogP contribution in [0.25, 0.3) is 0 Å². The predicted octanol–water partition coefficient (Wildman–Crippen LogP) is 1.80. The molecule has 0 saturated carbocycles. The van der Waals surface area contributed by atoms with Crippen molar-refractivity contribution in [1.29, 1.82) is 5.41 Å². The van der Waals surface area contributed by atoms with Crippen LogP contribution in [0.2, 0.25) is 0 Å². The molecule has 0 unspecified atom stereocenters. The molecule has 6 heteroatoms. The highest BCUT2D eigenvalue weighted by atomic mass is 19.2. The second kappa shape index (κ2) is 5.38. The minimum absolute atomic E-state index is 0.0632.